The molecule has 0 fully saturated rings. The largest absolute Gasteiger partial charge is 0.508 e. The zero-order chi connectivity index (χ0) is 20.8. The third-order valence-corrected chi connectivity index (χ3v) is 4.46. The SMILES string of the molecule is CC/C=C\C/C=C\C/C=C\CCCCCCCCOC(=O)OCc1ccccc1. The molecular formula is C26H38O3. The van der Waals surface area contributed by atoms with Crippen molar-refractivity contribution in [1.82, 2.24) is 0 Å². The molecule has 0 saturated heterocycles. The minimum Gasteiger partial charge on any atom is -0.434 e. The van der Waals surface area contributed by atoms with Crippen molar-refractivity contribution in [3.8, 4) is 0 Å². The van der Waals surface area contributed by atoms with Crippen molar-refractivity contribution in [2.75, 3.05) is 6.61 Å². The Morgan fingerprint density at radius 1 is 0.759 bits per heavy atom. The molecule has 3 nitrogen and oxygen atoms in total. The first-order chi connectivity index (χ1) is 14.3. The van der Waals surface area contributed by atoms with E-state index in [0.29, 0.717) is 6.61 Å². The zero-order valence-corrected chi connectivity index (χ0v) is 18.1. The van der Waals surface area contributed by atoms with Crippen LogP contribution in [0.3, 0.4) is 0 Å². The molecule has 0 bridgehead atoms. The highest BCUT2D eigenvalue weighted by atomic mass is 16.7. The minimum atomic E-state index is -0.576. The average Bonchev–Trinajstić information content (AvgIpc) is 2.75. The number of rotatable bonds is 16. The fourth-order valence-electron chi connectivity index (χ4n) is 2.81. The van der Waals surface area contributed by atoms with Crippen LogP contribution in [-0.4, -0.2) is 12.8 Å². The van der Waals surface area contributed by atoms with Gasteiger partial charge in [0, 0.05) is 0 Å². The van der Waals surface area contributed by atoms with Crippen LogP contribution in [0.4, 0.5) is 4.79 Å². The number of ether oxygens (including phenoxy) is 2. The Morgan fingerprint density at radius 2 is 1.38 bits per heavy atom. The highest BCUT2D eigenvalue weighted by molar-refractivity contribution is 5.59. The predicted octanol–water partition coefficient (Wildman–Crippen LogP) is 7.93. The first kappa shape index (κ1) is 24.7. The lowest BCUT2D eigenvalue weighted by Crippen LogP contribution is -2.08. The summed E-state index contributed by atoms with van der Waals surface area (Å²) in [5.74, 6) is 0. The Morgan fingerprint density at radius 3 is 2.10 bits per heavy atom. The zero-order valence-electron chi connectivity index (χ0n) is 18.1. The lowest BCUT2D eigenvalue weighted by Gasteiger charge is -2.06. The Kier molecular flexibility index (Phi) is 16.3. The van der Waals surface area contributed by atoms with Crippen molar-refractivity contribution in [2.45, 2.75) is 77.7 Å². The number of allylic oxidation sites excluding steroid dienone is 6. The van der Waals surface area contributed by atoms with Gasteiger partial charge >= 0.3 is 6.16 Å². The summed E-state index contributed by atoms with van der Waals surface area (Å²) in [5, 5.41) is 0. The smallest absolute Gasteiger partial charge is 0.434 e. The number of carbonyl (C=O) groups excluding carboxylic acids is 1. The molecule has 0 unspecified atom stereocenters. The topological polar surface area (TPSA) is 35.5 Å². The van der Waals surface area contributed by atoms with Crippen molar-refractivity contribution in [1.29, 1.82) is 0 Å². The van der Waals surface area contributed by atoms with Gasteiger partial charge in [0.1, 0.15) is 6.61 Å². The summed E-state index contributed by atoms with van der Waals surface area (Å²) in [6.45, 7) is 2.86. The Labute approximate surface area is 177 Å². The number of hydrogen-bond acceptors (Lipinski definition) is 3. The molecule has 0 saturated carbocycles. The van der Waals surface area contributed by atoms with E-state index in [1.807, 2.05) is 30.3 Å². The summed E-state index contributed by atoms with van der Waals surface area (Å²) < 4.78 is 10.2. The van der Waals surface area contributed by atoms with Gasteiger partial charge in [0.15, 0.2) is 0 Å². The second-order valence-electron chi connectivity index (χ2n) is 7.08. The lowest BCUT2D eigenvalue weighted by atomic mass is 10.1. The highest BCUT2D eigenvalue weighted by Crippen LogP contribution is 2.08. The van der Waals surface area contributed by atoms with E-state index in [1.54, 1.807) is 0 Å². The number of unbranched alkanes of at least 4 members (excludes halogenated alkanes) is 6. The molecule has 0 aliphatic heterocycles. The molecule has 0 aliphatic carbocycles. The van der Waals surface area contributed by atoms with Crippen LogP contribution >= 0.6 is 0 Å². The monoisotopic (exact) mass is 398 g/mol. The van der Waals surface area contributed by atoms with Gasteiger partial charge in [-0.1, -0.05) is 99.4 Å². The molecule has 1 rings (SSSR count). The van der Waals surface area contributed by atoms with E-state index in [-0.39, 0.29) is 6.61 Å². The van der Waals surface area contributed by atoms with Gasteiger partial charge in [-0.2, -0.15) is 0 Å². The molecule has 0 heterocycles. The highest BCUT2D eigenvalue weighted by Gasteiger charge is 2.03. The maximum atomic E-state index is 11.5. The second kappa shape index (κ2) is 19.0. The van der Waals surface area contributed by atoms with E-state index in [1.165, 1.54) is 32.1 Å². The van der Waals surface area contributed by atoms with Gasteiger partial charge in [-0.25, -0.2) is 4.79 Å². The van der Waals surface area contributed by atoms with Crippen LogP contribution < -0.4 is 0 Å². The Hall–Kier alpha value is -2.29. The molecule has 0 amide bonds. The molecular weight excluding hydrogens is 360 g/mol. The van der Waals surface area contributed by atoms with Gasteiger partial charge < -0.3 is 9.47 Å². The summed E-state index contributed by atoms with van der Waals surface area (Å²) in [6.07, 6.45) is 24.2. The van der Waals surface area contributed by atoms with E-state index in [2.05, 4.69) is 43.4 Å². The second-order valence-corrected chi connectivity index (χ2v) is 7.08. The van der Waals surface area contributed by atoms with Crippen LogP contribution in [-0.2, 0) is 16.1 Å². The molecule has 0 aliphatic rings. The quantitative estimate of drug-likeness (QED) is 0.161. The van der Waals surface area contributed by atoms with Crippen molar-refractivity contribution >= 4 is 6.16 Å². The van der Waals surface area contributed by atoms with Crippen molar-refractivity contribution in [3.05, 3.63) is 72.4 Å². The van der Waals surface area contributed by atoms with E-state index in [9.17, 15) is 4.79 Å². The lowest BCUT2D eigenvalue weighted by molar-refractivity contribution is 0.0487. The van der Waals surface area contributed by atoms with Crippen molar-refractivity contribution in [3.63, 3.8) is 0 Å². The standard InChI is InChI=1S/C26H38O3/c1-2-3-4-5-6-7-8-9-10-11-12-13-14-15-16-20-23-28-26(27)29-24-25-21-18-17-19-22-25/h3-4,6-7,9-10,17-19,21-22H,2,5,8,11-16,20,23-24H2,1H3/b4-3-,7-6-,10-9-. The van der Waals surface area contributed by atoms with E-state index >= 15 is 0 Å². The van der Waals surface area contributed by atoms with Crippen LogP contribution in [0, 0.1) is 0 Å². The van der Waals surface area contributed by atoms with Gasteiger partial charge in [0.25, 0.3) is 0 Å². The van der Waals surface area contributed by atoms with E-state index < -0.39 is 6.16 Å². The van der Waals surface area contributed by atoms with Gasteiger partial charge in [-0.05, 0) is 44.1 Å². The molecule has 0 spiro atoms. The molecule has 1 aromatic carbocycles. The number of carbonyl (C=O) groups is 1. The molecule has 1 aromatic rings. The number of hydrogen-bond donors (Lipinski definition) is 0. The maximum Gasteiger partial charge on any atom is 0.508 e. The maximum absolute atomic E-state index is 11.5. The molecule has 29 heavy (non-hydrogen) atoms. The van der Waals surface area contributed by atoms with Gasteiger partial charge in [0.2, 0.25) is 0 Å². The van der Waals surface area contributed by atoms with Crippen LogP contribution in [0.1, 0.15) is 76.7 Å². The summed E-state index contributed by atoms with van der Waals surface area (Å²) in [7, 11) is 0. The third-order valence-electron chi connectivity index (χ3n) is 4.46. The summed E-state index contributed by atoms with van der Waals surface area (Å²) in [6, 6.07) is 9.63. The molecule has 0 atom stereocenters. The van der Waals surface area contributed by atoms with Crippen molar-refractivity contribution < 1.29 is 14.3 Å². The molecule has 0 radical (unpaired) electrons. The summed E-state index contributed by atoms with van der Waals surface area (Å²) >= 11 is 0. The summed E-state index contributed by atoms with van der Waals surface area (Å²) in [5.41, 5.74) is 0.968. The summed E-state index contributed by atoms with van der Waals surface area (Å²) in [4.78, 5) is 11.5. The normalized spacial score (nSPS) is 11.6. The minimum absolute atomic E-state index is 0.265. The fraction of sp³-hybridized carbons (Fsp3) is 0.500. The Bertz CT molecular complexity index is 587. The first-order valence-electron chi connectivity index (χ1n) is 11.1. The molecule has 3 heteroatoms. The average molecular weight is 399 g/mol. The fourth-order valence-corrected chi connectivity index (χ4v) is 2.81. The molecule has 160 valence electrons. The van der Waals surface area contributed by atoms with Gasteiger partial charge in [-0.3, -0.25) is 0 Å². The molecule has 0 aromatic heterocycles. The molecule has 0 N–H and O–H groups in total. The van der Waals surface area contributed by atoms with E-state index in [4.69, 9.17) is 9.47 Å². The number of benzene rings is 1. The van der Waals surface area contributed by atoms with Crippen LogP contribution in [0.25, 0.3) is 0 Å². The predicted molar refractivity (Wildman–Crippen MR) is 122 cm³/mol. The van der Waals surface area contributed by atoms with Crippen LogP contribution in [0.15, 0.2) is 66.8 Å². The first-order valence-corrected chi connectivity index (χ1v) is 11.1. The van der Waals surface area contributed by atoms with Crippen molar-refractivity contribution in [2.24, 2.45) is 0 Å². The third kappa shape index (κ3) is 16.4. The van der Waals surface area contributed by atoms with Gasteiger partial charge in [0.05, 0.1) is 6.61 Å². The van der Waals surface area contributed by atoms with E-state index in [0.717, 1.165) is 37.7 Å². The van der Waals surface area contributed by atoms with Crippen LogP contribution in [0.2, 0.25) is 0 Å². The van der Waals surface area contributed by atoms with Crippen LogP contribution in [0.5, 0.6) is 0 Å². The van der Waals surface area contributed by atoms with Gasteiger partial charge in [-0.15, -0.1) is 0 Å². The Balaban J connectivity index is 1.83.